The Morgan fingerprint density at radius 3 is 2.88 bits per heavy atom. The Bertz CT molecular complexity index is 348. The van der Waals surface area contributed by atoms with Crippen LogP contribution in [0.3, 0.4) is 0 Å². The van der Waals surface area contributed by atoms with Crippen molar-refractivity contribution in [1.82, 2.24) is 15.2 Å². The number of hydrogen-bond acceptors (Lipinski definition) is 3. The number of nitrogens with one attached hydrogen (secondary N) is 1. The highest BCUT2D eigenvalue weighted by Gasteiger charge is 2.20. The Morgan fingerprint density at radius 1 is 1.50 bits per heavy atom. The van der Waals surface area contributed by atoms with Gasteiger partial charge in [-0.05, 0) is 12.1 Å². The normalized spacial score (nSPS) is 15.9. The van der Waals surface area contributed by atoms with Crippen LogP contribution in [-0.4, -0.2) is 49.1 Å². The molecule has 5 nitrogen and oxygen atoms in total. The van der Waals surface area contributed by atoms with Crippen LogP contribution in [0.2, 0.25) is 0 Å². The van der Waals surface area contributed by atoms with Crippen molar-refractivity contribution < 1.29 is 4.79 Å². The average Bonchev–Trinajstić information content (AvgIpc) is 2.39. The van der Waals surface area contributed by atoms with Gasteiger partial charge in [-0.25, -0.2) is 4.79 Å². The van der Waals surface area contributed by atoms with Crippen molar-refractivity contribution in [2.75, 3.05) is 38.1 Å². The van der Waals surface area contributed by atoms with Crippen LogP contribution in [0.15, 0.2) is 24.5 Å². The van der Waals surface area contributed by atoms with Crippen LogP contribution in [0.25, 0.3) is 0 Å². The van der Waals surface area contributed by atoms with Crippen molar-refractivity contribution in [3.63, 3.8) is 0 Å². The third-order valence-corrected chi connectivity index (χ3v) is 2.71. The number of pyridine rings is 1. The summed E-state index contributed by atoms with van der Waals surface area (Å²) in [5, 5.41) is 3.22. The standard InChI is InChI=1S/C11H16N4O/c1-14(10-3-2-4-13-9-10)11(16)15-7-5-12-6-8-15/h2-4,9,12H,5-8H2,1H3. The van der Waals surface area contributed by atoms with Crippen LogP contribution in [0, 0.1) is 0 Å². The summed E-state index contributed by atoms with van der Waals surface area (Å²) in [4.78, 5) is 19.6. The lowest BCUT2D eigenvalue weighted by Gasteiger charge is -2.31. The monoisotopic (exact) mass is 220 g/mol. The second kappa shape index (κ2) is 4.94. The number of rotatable bonds is 1. The average molecular weight is 220 g/mol. The van der Waals surface area contributed by atoms with E-state index in [-0.39, 0.29) is 6.03 Å². The Morgan fingerprint density at radius 2 is 2.25 bits per heavy atom. The van der Waals surface area contributed by atoms with Gasteiger partial charge in [-0.2, -0.15) is 0 Å². The largest absolute Gasteiger partial charge is 0.324 e. The molecule has 0 atom stereocenters. The summed E-state index contributed by atoms with van der Waals surface area (Å²) < 4.78 is 0. The summed E-state index contributed by atoms with van der Waals surface area (Å²) >= 11 is 0. The molecular weight excluding hydrogens is 204 g/mol. The fraction of sp³-hybridized carbons (Fsp3) is 0.455. The molecule has 2 rings (SSSR count). The van der Waals surface area contributed by atoms with E-state index in [1.54, 1.807) is 24.3 Å². The Hall–Kier alpha value is -1.62. The van der Waals surface area contributed by atoms with E-state index < -0.39 is 0 Å². The first-order valence-corrected chi connectivity index (χ1v) is 5.42. The SMILES string of the molecule is CN(C(=O)N1CCNCC1)c1cccnc1. The molecule has 1 aromatic heterocycles. The Balaban J connectivity index is 2.04. The fourth-order valence-corrected chi connectivity index (χ4v) is 1.73. The van der Waals surface area contributed by atoms with Gasteiger partial charge in [0.25, 0.3) is 0 Å². The lowest BCUT2D eigenvalue weighted by molar-refractivity contribution is 0.198. The zero-order chi connectivity index (χ0) is 11.4. The molecule has 0 radical (unpaired) electrons. The molecule has 2 amide bonds. The van der Waals surface area contributed by atoms with Gasteiger partial charge in [0.15, 0.2) is 0 Å². The van der Waals surface area contributed by atoms with E-state index >= 15 is 0 Å². The highest BCUT2D eigenvalue weighted by Crippen LogP contribution is 2.11. The molecule has 1 aliphatic heterocycles. The second-order valence-electron chi connectivity index (χ2n) is 3.79. The van der Waals surface area contributed by atoms with Gasteiger partial charge in [-0.15, -0.1) is 0 Å². The summed E-state index contributed by atoms with van der Waals surface area (Å²) in [7, 11) is 1.78. The van der Waals surface area contributed by atoms with Crippen LogP contribution in [0.4, 0.5) is 10.5 Å². The predicted octanol–water partition coefficient (Wildman–Crippen LogP) is 0.543. The summed E-state index contributed by atoms with van der Waals surface area (Å²) in [5.74, 6) is 0. The molecule has 16 heavy (non-hydrogen) atoms. The number of carbonyl (C=O) groups is 1. The van der Waals surface area contributed by atoms with Gasteiger partial charge in [0.1, 0.15) is 0 Å². The number of piperazine rings is 1. The van der Waals surface area contributed by atoms with E-state index in [0.717, 1.165) is 31.9 Å². The van der Waals surface area contributed by atoms with Gasteiger partial charge in [0, 0.05) is 39.4 Å². The van der Waals surface area contributed by atoms with Gasteiger partial charge in [-0.1, -0.05) is 0 Å². The predicted molar refractivity (Wildman–Crippen MR) is 62.5 cm³/mol. The Labute approximate surface area is 95.1 Å². The van der Waals surface area contributed by atoms with Crippen LogP contribution in [0.1, 0.15) is 0 Å². The molecule has 1 saturated heterocycles. The highest BCUT2D eigenvalue weighted by atomic mass is 16.2. The number of hydrogen-bond donors (Lipinski definition) is 1. The van der Waals surface area contributed by atoms with E-state index in [1.165, 1.54) is 0 Å². The quantitative estimate of drug-likeness (QED) is 0.751. The van der Waals surface area contributed by atoms with Crippen molar-refractivity contribution in [3.05, 3.63) is 24.5 Å². The molecule has 0 unspecified atom stereocenters. The molecule has 0 aliphatic carbocycles. The van der Waals surface area contributed by atoms with Crippen LogP contribution >= 0.6 is 0 Å². The van der Waals surface area contributed by atoms with Gasteiger partial charge in [0.05, 0.1) is 11.9 Å². The van der Waals surface area contributed by atoms with Crippen molar-refractivity contribution in [2.24, 2.45) is 0 Å². The summed E-state index contributed by atoms with van der Waals surface area (Å²) in [6, 6.07) is 3.75. The van der Waals surface area contributed by atoms with Crippen LogP contribution in [0.5, 0.6) is 0 Å². The van der Waals surface area contributed by atoms with Crippen molar-refractivity contribution in [1.29, 1.82) is 0 Å². The zero-order valence-corrected chi connectivity index (χ0v) is 9.39. The highest BCUT2D eigenvalue weighted by molar-refractivity contribution is 5.91. The number of urea groups is 1. The molecule has 1 N–H and O–H groups in total. The number of aromatic nitrogens is 1. The molecule has 86 valence electrons. The van der Waals surface area contributed by atoms with E-state index in [2.05, 4.69) is 10.3 Å². The second-order valence-corrected chi connectivity index (χ2v) is 3.79. The van der Waals surface area contributed by atoms with Crippen LogP contribution in [-0.2, 0) is 0 Å². The van der Waals surface area contributed by atoms with E-state index in [9.17, 15) is 4.79 Å². The maximum Gasteiger partial charge on any atom is 0.324 e. The molecule has 0 saturated carbocycles. The summed E-state index contributed by atoms with van der Waals surface area (Å²) in [6.45, 7) is 3.27. The summed E-state index contributed by atoms with van der Waals surface area (Å²) in [6.07, 6.45) is 3.40. The minimum Gasteiger partial charge on any atom is -0.322 e. The number of anilines is 1. The molecule has 2 heterocycles. The number of carbonyl (C=O) groups excluding carboxylic acids is 1. The molecule has 0 bridgehead atoms. The minimum atomic E-state index is 0.0366. The van der Waals surface area contributed by atoms with Gasteiger partial charge >= 0.3 is 6.03 Å². The first-order valence-electron chi connectivity index (χ1n) is 5.42. The van der Waals surface area contributed by atoms with Crippen molar-refractivity contribution in [2.45, 2.75) is 0 Å². The van der Waals surface area contributed by atoms with Gasteiger partial charge in [-0.3, -0.25) is 9.88 Å². The molecule has 1 aliphatic rings. The van der Waals surface area contributed by atoms with Crippen LogP contribution < -0.4 is 10.2 Å². The van der Waals surface area contributed by atoms with Crippen molar-refractivity contribution in [3.8, 4) is 0 Å². The molecule has 5 heteroatoms. The maximum atomic E-state index is 12.1. The third-order valence-electron chi connectivity index (χ3n) is 2.71. The van der Waals surface area contributed by atoms with E-state index in [1.807, 2.05) is 17.0 Å². The van der Waals surface area contributed by atoms with Crippen molar-refractivity contribution >= 4 is 11.7 Å². The zero-order valence-electron chi connectivity index (χ0n) is 9.39. The summed E-state index contributed by atoms with van der Waals surface area (Å²) in [5.41, 5.74) is 0.825. The molecular formula is C11H16N4O. The van der Waals surface area contributed by atoms with Gasteiger partial charge in [0.2, 0.25) is 0 Å². The molecule has 1 aromatic rings. The topological polar surface area (TPSA) is 48.5 Å². The van der Waals surface area contributed by atoms with E-state index in [0.29, 0.717) is 0 Å². The molecule has 0 spiro atoms. The third kappa shape index (κ3) is 2.30. The smallest absolute Gasteiger partial charge is 0.322 e. The van der Waals surface area contributed by atoms with Gasteiger partial charge < -0.3 is 10.2 Å². The maximum absolute atomic E-state index is 12.1. The number of amides is 2. The first-order chi connectivity index (χ1) is 7.79. The first kappa shape index (κ1) is 10.9. The molecule has 0 aromatic carbocycles. The molecule has 1 fully saturated rings. The number of nitrogens with zero attached hydrogens (tertiary/aromatic N) is 3. The lowest BCUT2D eigenvalue weighted by Crippen LogP contribution is -2.50. The van der Waals surface area contributed by atoms with E-state index in [4.69, 9.17) is 0 Å². The Kier molecular flexibility index (Phi) is 3.36. The lowest BCUT2D eigenvalue weighted by atomic mass is 10.3. The fourth-order valence-electron chi connectivity index (χ4n) is 1.73. The minimum absolute atomic E-state index is 0.0366.